The van der Waals surface area contributed by atoms with Crippen molar-refractivity contribution in [2.45, 2.75) is 79.1 Å². The average molecular weight is 425 g/mol. The Morgan fingerprint density at radius 1 is 0.700 bits per heavy atom. The van der Waals surface area contributed by atoms with Crippen LogP contribution in [0.3, 0.4) is 0 Å². The molecular formula is C27H37ClN2. The second-order valence-electron chi connectivity index (χ2n) is 8.06. The summed E-state index contributed by atoms with van der Waals surface area (Å²) in [5.41, 5.74) is 8.69. The second-order valence-corrected chi connectivity index (χ2v) is 8.06. The molecule has 2 nitrogen and oxygen atoms in total. The molecule has 0 aliphatic rings. The lowest BCUT2D eigenvalue weighted by Gasteiger charge is -2.12. The highest BCUT2D eigenvalue weighted by atomic mass is 35.5. The summed E-state index contributed by atoms with van der Waals surface area (Å²) in [4.78, 5) is 0. The summed E-state index contributed by atoms with van der Waals surface area (Å²) in [6.07, 6.45) is 16.0. The van der Waals surface area contributed by atoms with Gasteiger partial charge in [0.15, 0.2) is 0 Å². The number of aryl methyl sites for hydroxylation is 2. The molecule has 3 rings (SSSR count). The van der Waals surface area contributed by atoms with Crippen LogP contribution in [-0.4, -0.2) is 4.57 Å². The molecule has 0 aliphatic carbocycles. The van der Waals surface area contributed by atoms with E-state index in [0.717, 1.165) is 25.7 Å². The van der Waals surface area contributed by atoms with Crippen LogP contribution in [0.1, 0.15) is 75.6 Å². The lowest BCUT2D eigenvalue weighted by Crippen LogP contribution is -3.00. The van der Waals surface area contributed by atoms with Gasteiger partial charge >= 0.3 is 0 Å². The van der Waals surface area contributed by atoms with Crippen LogP contribution in [0.2, 0.25) is 0 Å². The summed E-state index contributed by atoms with van der Waals surface area (Å²) < 4.78 is 4.62. The van der Waals surface area contributed by atoms with Crippen LogP contribution < -0.4 is 17.0 Å². The maximum Gasteiger partial charge on any atom is 0.254 e. The van der Waals surface area contributed by atoms with Gasteiger partial charge in [-0.05, 0) is 48.9 Å². The highest BCUT2D eigenvalue weighted by Gasteiger charge is 2.17. The van der Waals surface area contributed by atoms with Crippen molar-refractivity contribution in [3.8, 4) is 11.4 Å². The minimum Gasteiger partial charge on any atom is -1.00 e. The maximum atomic E-state index is 2.31. The molecule has 0 saturated heterocycles. The first kappa shape index (κ1) is 24.2. The first-order chi connectivity index (χ1) is 14.2. The fourth-order valence-electron chi connectivity index (χ4n) is 4.45. The first-order valence-electron chi connectivity index (χ1n) is 11.5. The largest absolute Gasteiger partial charge is 1.00 e. The van der Waals surface area contributed by atoms with E-state index >= 15 is 0 Å². The summed E-state index contributed by atoms with van der Waals surface area (Å²) in [6, 6.07) is 13.6. The van der Waals surface area contributed by atoms with E-state index < -0.39 is 0 Å². The van der Waals surface area contributed by atoms with Gasteiger partial charge in [0.1, 0.15) is 23.8 Å². The zero-order valence-corrected chi connectivity index (χ0v) is 19.9. The number of nitrogens with zero attached hydrogens (tertiary/aromatic N) is 2. The van der Waals surface area contributed by atoms with Gasteiger partial charge in [-0.25, -0.2) is 9.13 Å². The number of hydrogen-bond acceptors (Lipinski definition) is 0. The number of aromatic nitrogens is 2. The third-order valence-corrected chi connectivity index (χ3v) is 5.73. The van der Waals surface area contributed by atoms with E-state index in [0.29, 0.717) is 0 Å². The van der Waals surface area contributed by atoms with Crippen molar-refractivity contribution >= 4 is 0 Å². The van der Waals surface area contributed by atoms with Crippen LogP contribution in [0, 0.1) is 0 Å². The molecule has 1 heterocycles. The smallest absolute Gasteiger partial charge is 0.254 e. The van der Waals surface area contributed by atoms with Crippen LogP contribution >= 0.6 is 0 Å². The topological polar surface area (TPSA) is 8.81 Å². The molecular weight excluding hydrogens is 388 g/mol. The van der Waals surface area contributed by atoms with Crippen LogP contribution in [0.15, 0.2) is 55.1 Å². The SMILES string of the molecule is CCCc1cccc(-n2cc[n+](-c3cccc(CCC)c3CCC)c2)c1CCC.[Cl-]. The van der Waals surface area contributed by atoms with Crippen molar-refractivity contribution in [2.75, 3.05) is 0 Å². The standard InChI is InChI=1S/C27H37N2.ClH/c1-5-11-22-15-9-17-26(24(22)13-7-3)28-19-20-29(21-28)27-18-10-16-23(12-6-2)25(27)14-8-4;/h9-10,15-21H,5-8,11-14H2,1-4H3;1H/q+1;/p-1. The van der Waals surface area contributed by atoms with E-state index in [1.165, 1.54) is 59.3 Å². The molecule has 3 heteroatoms. The monoisotopic (exact) mass is 424 g/mol. The number of halogens is 1. The lowest BCUT2D eigenvalue weighted by atomic mass is 9.97. The van der Waals surface area contributed by atoms with Gasteiger partial charge in [0.05, 0.1) is 0 Å². The molecule has 30 heavy (non-hydrogen) atoms. The van der Waals surface area contributed by atoms with Gasteiger partial charge in [-0.3, -0.25) is 0 Å². The van der Waals surface area contributed by atoms with E-state index in [1.54, 1.807) is 0 Å². The predicted octanol–water partition coefficient (Wildman–Crippen LogP) is 3.57. The van der Waals surface area contributed by atoms with Crippen molar-refractivity contribution in [3.05, 3.63) is 77.4 Å². The van der Waals surface area contributed by atoms with Crippen molar-refractivity contribution < 1.29 is 17.0 Å². The molecule has 2 aromatic carbocycles. The van der Waals surface area contributed by atoms with Gasteiger partial charge in [-0.15, -0.1) is 0 Å². The molecule has 0 atom stereocenters. The normalized spacial score (nSPS) is 10.8. The van der Waals surface area contributed by atoms with Crippen molar-refractivity contribution in [2.24, 2.45) is 0 Å². The van der Waals surface area contributed by atoms with Crippen LogP contribution in [0.5, 0.6) is 0 Å². The van der Waals surface area contributed by atoms with Crippen LogP contribution in [-0.2, 0) is 25.7 Å². The van der Waals surface area contributed by atoms with E-state index in [2.05, 4.69) is 91.9 Å². The molecule has 0 aliphatic heterocycles. The zero-order chi connectivity index (χ0) is 20.6. The summed E-state index contributed by atoms with van der Waals surface area (Å²) in [7, 11) is 0. The van der Waals surface area contributed by atoms with Gasteiger partial charge in [0.2, 0.25) is 0 Å². The Morgan fingerprint density at radius 2 is 1.27 bits per heavy atom. The Hall–Kier alpha value is -2.06. The minimum absolute atomic E-state index is 0. The van der Waals surface area contributed by atoms with Crippen LogP contribution in [0.4, 0.5) is 0 Å². The van der Waals surface area contributed by atoms with Gasteiger partial charge in [0.25, 0.3) is 6.33 Å². The second kappa shape index (κ2) is 12.0. The molecule has 3 aromatic rings. The Morgan fingerprint density at radius 3 is 1.90 bits per heavy atom. The Kier molecular flexibility index (Phi) is 9.65. The molecule has 0 bridgehead atoms. The molecule has 0 saturated carbocycles. The lowest BCUT2D eigenvalue weighted by molar-refractivity contribution is -0.595. The van der Waals surface area contributed by atoms with E-state index in [9.17, 15) is 0 Å². The fourth-order valence-corrected chi connectivity index (χ4v) is 4.45. The van der Waals surface area contributed by atoms with Crippen LogP contribution in [0.25, 0.3) is 11.4 Å². The number of hydrogen-bond donors (Lipinski definition) is 0. The van der Waals surface area contributed by atoms with Crippen molar-refractivity contribution in [1.29, 1.82) is 0 Å². The number of rotatable bonds is 10. The average Bonchev–Trinajstić information content (AvgIpc) is 3.21. The Bertz CT molecular complexity index is 852. The van der Waals surface area contributed by atoms with Gasteiger partial charge in [-0.2, -0.15) is 0 Å². The fraction of sp³-hybridized carbons (Fsp3) is 0.444. The van der Waals surface area contributed by atoms with E-state index in [-0.39, 0.29) is 12.4 Å². The molecule has 0 amide bonds. The molecule has 0 radical (unpaired) electrons. The summed E-state index contributed by atoms with van der Waals surface area (Å²) in [5, 5.41) is 0. The highest BCUT2D eigenvalue weighted by molar-refractivity contribution is 5.46. The highest BCUT2D eigenvalue weighted by Crippen LogP contribution is 2.23. The molecule has 0 N–H and O–H groups in total. The third kappa shape index (κ3) is 5.35. The number of benzene rings is 2. The van der Waals surface area contributed by atoms with Crippen molar-refractivity contribution in [3.63, 3.8) is 0 Å². The maximum absolute atomic E-state index is 2.31. The van der Waals surface area contributed by atoms with Gasteiger partial charge < -0.3 is 12.4 Å². The molecule has 1 aromatic heterocycles. The quantitative estimate of drug-likeness (QED) is 0.440. The predicted molar refractivity (Wildman–Crippen MR) is 123 cm³/mol. The Balaban J connectivity index is 0.00000320. The molecule has 0 fully saturated rings. The number of imidazole rings is 1. The summed E-state index contributed by atoms with van der Waals surface area (Å²) >= 11 is 0. The van der Waals surface area contributed by atoms with Gasteiger partial charge in [0, 0.05) is 11.1 Å². The molecule has 0 unspecified atom stereocenters. The van der Waals surface area contributed by atoms with E-state index in [1.807, 2.05) is 0 Å². The summed E-state index contributed by atoms with van der Waals surface area (Å²) in [5.74, 6) is 0. The minimum atomic E-state index is 0. The summed E-state index contributed by atoms with van der Waals surface area (Å²) in [6.45, 7) is 9.09. The molecule has 0 spiro atoms. The van der Waals surface area contributed by atoms with Crippen molar-refractivity contribution in [1.82, 2.24) is 4.57 Å². The van der Waals surface area contributed by atoms with E-state index in [4.69, 9.17) is 0 Å². The first-order valence-corrected chi connectivity index (χ1v) is 11.5. The van der Waals surface area contributed by atoms with Gasteiger partial charge in [-0.1, -0.05) is 77.6 Å². The third-order valence-electron chi connectivity index (χ3n) is 5.73. The molecule has 162 valence electrons. The zero-order valence-electron chi connectivity index (χ0n) is 19.1. The Labute approximate surface area is 189 Å².